The van der Waals surface area contributed by atoms with E-state index in [1.807, 2.05) is 0 Å². The van der Waals surface area contributed by atoms with Crippen LogP contribution in [-0.2, 0) is 14.3 Å². The molecule has 1 saturated carbocycles. The molecule has 0 amide bonds. The quantitative estimate of drug-likeness (QED) is 0.529. The average Bonchev–Trinajstić information content (AvgIpc) is 2.27. The number of methoxy groups -OCH3 is 1. The van der Waals surface area contributed by atoms with Gasteiger partial charge >= 0.3 is 11.9 Å². The molecule has 1 aliphatic rings. The highest BCUT2D eigenvalue weighted by Crippen LogP contribution is 2.32. The Morgan fingerprint density at radius 1 is 1.33 bits per heavy atom. The fourth-order valence-corrected chi connectivity index (χ4v) is 2.16. The van der Waals surface area contributed by atoms with E-state index in [4.69, 9.17) is 10.8 Å². The van der Waals surface area contributed by atoms with Gasteiger partial charge in [-0.1, -0.05) is 19.3 Å². The van der Waals surface area contributed by atoms with Crippen LogP contribution < -0.4 is 5.73 Å². The first kappa shape index (κ1) is 12.0. The van der Waals surface area contributed by atoms with Crippen LogP contribution in [0.25, 0.3) is 0 Å². The van der Waals surface area contributed by atoms with Crippen LogP contribution in [0, 0.1) is 5.92 Å². The summed E-state index contributed by atoms with van der Waals surface area (Å²) in [5.74, 6) is -2.45. The maximum atomic E-state index is 11.4. The molecule has 0 bridgehead atoms. The van der Waals surface area contributed by atoms with E-state index >= 15 is 0 Å². The predicted octanol–water partition coefficient (Wildman–Crippen LogP) is 0.522. The molecule has 0 heterocycles. The summed E-state index contributed by atoms with van der Waals surface area (Å²) in [7, 11) is 1.16. The number of carboxylic acids is 1. The molecule has 0 aromatic rings. The summed E-state index contributed by atoms with van der Waals surface area (Å²) in [6.45, 7) is 0. The van der Waals surface area contributed by atoms with Crippen molar-refractivity contribution in [3.05, 3.63) is 0 Å². The molecule has 0 saturated heterocycles. The van der Waals surface area contributed by atoms with Crippen molar-refractivity contribution in [2.75, 3.05) is 7.11 Å². The molecule has 5 nitrogen and oxygen atoms in total. The summed E-state index contributed by atoms with van der Waals surface area (Å²) in [6.07, 6.45) is 4.28. The van der Waals surface area contributed by atoms with Crippen molar-refractivity contribution in [2.24, 2.45) is 11.7 Å². The lowest BCUT2D eigenvalue weighted by Gasteiger charge is -2.33. The molecule has 1 rings (SSSR count). The van der Waals surface area contributed by atoms with Crippen molar-refractivity contribution in [3.63, 3.8) is 0 Å². The molecule has 15 heavy (non-hydrogen) atoms. The number of hydrogen-bond acceptors (Lipinski definition) is 4. The van der Waals surface area contributed by atoms with Crippen molar-refractivity contribution in [2.45, 2.75) is 37.6 Å². The molecule has 0 unspecified atom stereocenters. The van der Waals surface area contributed by atoms with Gasteiger partial charge in [0.25, 0.3) is 0 Å². The average molecular weight is 215 g/mol. The van der Waals surface area contributed by atoms with Crippen LogP contribution in [-0.4, -0.2) is 29.7 Å². The van der Waals surface area contributed by atoms with Crippen LogP contribution in [0.1, 0.15) is 32.1 Å². The summed E-state index contributed by atoms with van der Waals surface area (Å²) in [5, 5.41) is 9.06. The SMILES string of the molecule is COC(=O)[C@](N)(C(=O)O)C1CCCCC1. The second-order valence-corrected chi connectivity index (χ2v) is 4.00. The Hall–Kier alpha value is -1.10. The number of nitrogens with two attached hydrogens (primary N) is 1. The number of ether oxygens (including phenoxy) is 1. The van der Waals surface area contributed by atoms with Gasteiger partial charge in [0.05, 0.1) is 7.11 Å². The highest BCUT2D eigenvalue weighted by molar-refractivity contribution is 6.04. The lowest BCUT2D eigenvalue weighted by molar-refractivity contribution is -0.163. The van der Waals surface area contributed by atoms with Gasteiger partial charge in [0.2, 0.25) is 5.54 Å². The minimum absolute atomic E-state index is 0.309. The second-order valence-electron chi connectivity index (χ2n) is 4.00. The number of carboxylic acid groups (broad SMARTS) is 1. The zero-order chi connectivity index (χ0) is 11.5. The maximum Gasteiger partial charge on any atom is 0.337 e. The minimum atomic E-state index is -1.87. The van der Waals surface area contributed by atoms with E-state index < -0.39 is 17.5 Å². The van der Waals surface area contributed by atoms with E-state index in [1.54, 1.807) is 0 Å². The summed E-state index contributed by atoms with van der Waals surface area (Å²) < 4.78 is 4.49. The van der Waals surface area contributed by atoms with Gasteiger partial charge in [-0.3, -0.25) is 0 Å². The van der Waals surface area contributed by atoms with E-state index in [0.29, 0.717) is 12.8 Å². The highest BCUT2D eigenvalue weighted by atomic mass is 16.5. The molecule has 5 heteroatoms. The molecule has 1 atom stereocenters. The minimum Gasteiger partial charge on any atom is -0.479 e. The van der Waals surface area contributed by atoms with Crippen molar-refractivity contribution < 1.29 is 19.4 Å². The van der Waals surface area contributed by atoms with Gasteiger partial charge in [-0.25, -0.2) is 9.59 Å². The van der Waals surface area contributed by atoms with Gasteiger partial charge in [0.15, 0.2) is 0 Å². The monoisotopic (exact) mass is 215 g/mol. The van der Waals surface area contributed by atoms with E-state index in [-0.39, 0.29) is 5.92 Å². The van der Waals surface area contributed by atoms with Gasteiger partial charge in [-0.2, -0.15) is 0 Å². The smallest absolute Gasteiger partial charge is 0.337 e. The number of aliphatic carboxylic acids is 1. The van der Waals surface area contributed by atoms with E-state index in [1.165, 1.54) is 0 Å². The largest absolute Gasteiger partial charge is 0.479 e. The normalized spacial score (nSPS) is 21.7. The summed E-state index contributed by atoms with van der Waals surface area (Å²) >= 11 is 0. The van der Waals surface area contributed by atoms with Crippen LogP contribution in [0.5, 0.6) is 0 Å². The van der Waals surface area contributed by atoms with Gasteiger partial charge in [-0.15, -0.1) is 0 Å². The van der Waals surface area contributed by atoms with Crippen molar-refractivity contribution in [3.8, 4) is 0 Å². The molecule has 0 aliphatic heterocycles. The van der Waals surface area contributed by atoms with Crippen LogP contribution in [0.2, 0.25) is 0 Å². The Kier molecular flexibility index (Phi) is 3.68. The third-order valence-electron chi connectivity index (χ3n) is 3.13. The Labute approximate surface area is 88.6 Å². The second kappa shape index (κ2) is 4.61. The van der Waals surface area contributed by atoms with Crippen LogP contribution in [0.3, 0.4) is 0 Å². The predicted molar refractivity (Wildman–Crippen MR) is 53.1 cm³/mol. The van der Waals surface area contributed by atoms with Crippen LogP contribution >= 0.6 is 0 Å². The summed E-state index contributed by atoms with van der Waals surface area (Å²) in [6, 6.07) is 0. The first-order chi connectivity index (χ1) is 7.03. The lowest BCUT2D eigenvalue weighted by atomic mass is 9.75. The number of rotatable bonds is 3. The maximum absolute atomic E-state index is 11.4. The van der Waals surface area contributed by atoms with Crippen LogP contribution in [0.15, 0.2) is 0 Å². The highest BCUT2D eigenvalue weighted by Gasteiger charge is 2.50. The molecular weight excluding hydrogens is 198 g/mol. The fraction of sp³-hybridized carbons (Fsp3) is 0.800. The number of esters is 1. The molecule has 0 radical (unpaired) electrons. The topological polar surface area (TPSA) is 89.6 Å². The molecule has 1 aliphatic carbocycles. The first-order valence-electron chi connectivity index (χ1n) is 5.14. The number of hydrogen-bond donors (Lipinski definition) is 2. The van der Waals surface area contributed by atoms with Gasteiger partial charge in [0.1, 0.15) is 0 Å². The van der Waals surface area contributed by atoms with E-state index in [9.17, 15) is 9.59 Å². The van der Waals surface area contributed by atoms with Crippen LogP contribution in [0.4, 0.5) is 0 Å². The van der Waals surface area contributed by atoms with E-state index in [2.05, 4.69) is 4.74 Å². The van der Waals surface area contributed by atoms with Gasteiger partial charge < -0.3 is 15.6 Å². The Balaban J connectivity index is 2.88. The Morgan fingerprint density at radius 2 is 1.87 bits per heavy atom. The number of carbonyl (C=O) groups excluding carboxylic acids is 1. The summed E-state index contributed by atoms with van der Waals surface area (Å²) in [4.78, 5) is 22.5. The molecule has 0 spiro atoms. The van der Waals surface area contributed by atoms with E-state index in [0.717, 1.165) is 26.4 Å². The Morgan fingerprint density at radius 3 is 2.27 bits per heavy atom. The Bertz CT molecular complexity index is 260. The zero-order valence-corrected chi connectivity index (χ0v) is 8.86. The molecule has 1 fully saturated rings. The molecular formula is C10H17NO4. The van der Waals surface area contributed by atoms with Gasteiger partial charge in [0, 0.05) is 0 Å². The van der Waals surface area contributed by atoms with Crippen molar-refractivity contribution in [1.29, 1.82) is 0 Å². The van der Waals surface area contributed by atoms with Crippen molar-refractivity contribution >= 4 is 11.9 Å². The molecule has 86 valence electrons. The van der Waals surface area contributed by atoms with Gasteiger partial charge in [-0.05, 0) is 18.8 Å². The molecule has 0 aromatic heterocycles. The third-order valence-corrected chi connectivity index (χ3v) is 3.13. The van der Waals surface area contributed by atoms with Crippen molar-refractivity contribution in [1.82, 2.24) is 0 Å². The zero-order valence-electron chi connectivity index (χ0n) is 8.86. The fourth-order valence-electron chi connectivity index (χ4n) is 2.16. The molecule has 0 aromatic carbocycles. The third kappa shape index (κ3) is 2.12. The molecule has 3 N–H and O–H groups in total. The summed E-state index contributed by atoms with van der Waals surface area (Å²) in [5.41, 5.74) is 3.83. The number of carbonyl (C=O) groups is 2. The standard InChI is InChI=1S/C10H17NO4/c1-15-9(14)10(11,8(12)13)7-5-3-2-4-6-7/h7H,2-6,11H2,1H3,(H,12,13)/t10-/m1/s1. The first-order valence-corrected chi connectivity index (χ1v) is 5.14. The lowest BCUT2D eigenvalue weighted by Crippen LogP contribution is -2.61.